The van der Waals surface area contributed by atoms with Crippen LogP contribution in [0, 0.1) is 6.92 Å². The summed E-state index contributed by atoms with van der Waals surface area (Å²) in [5.74, 6) is 1.29. The maximum atomic E-state index is 13.0. The van der Waals surface area contributed by atoms with Gasteiger partial charge in [-0.2, -0.15) is 0 Å². The number of imidazole rings is 1. The molecule has 164 valence electrons. The van der Waals surface area contributed by atoms with Gasteiger partial charge in [0.25, 0.3) is 10.0 Å². The van der Waals surface area contributed by atoms with Crippen molar-refractivity contribution in [2.24, 2.45) is 0 Å². The van der Waals surface area contributed by atoms with Gasteiger partial charge in [-0.15, -0.1) is 0 Å². The van der Waals surface area contributed by atoms with Gasteiger partial charge in [-0.1, -0.05) is 29.8 Å². The standard InChI is InChI=1S/C23H20ClN3O4S/c1-16-14-27(15-25-16)21-11-10-17(12-23(21)30-2)26-32(28,29)19-7-5-6-18(13-19)31-22-9-4-3-8-20(22)24/h3-15,26H,1-2H3. The molecule has 0 radical (unpaired) electrons. The van der Waals surface area contributed by atoms with E-state index in [9.17, 15) is 8.42 Å². The van der Waals surface area contributed by atoms with Gasteiger partial charge in [-0.3, -0.25) is 4.72 Å². The predicted molar refractivity (Wildman–Crippen MR) is 124 cm³/mol. The summed E-state index contributed by atoms with van der Waals surface area (Å²) in [6.45, 7) is 1.88. The topological polar surface area (TPSA) is 82.5 Å². The van der Waals surface area contributed by atoms with Gasteiger partial charge in [0.15, 0.2) is 0 Å². The molecule has 0 amide bonds. The number of nitrogens with zero attached hydrogens (tertiary/aromatic N) is 2. The highest BCUT2D eigenvalue weighted by Crippen LogP contribution is 2.31. The highest BCUT2D eigenvalue weighted by Gasteiger charge is 2.17. The number of anilines is 1. The molecule has 4 rings (SSSR count). The third-order valence-electron chi connectivity index (χ3n) is 4.60. The summed E-state index contributed by atoms with van der Waals surface area (Å²) in [5, 5.41) is 0.430. The SMILES string of the molecule is COc1cc(NS(=O)(=O)c2cccc(Oc3ccccc3Cl)c2)ccc1-n1cnc(C)c1. The van der Waals surface area contributed by atoms with Gasteiger partial charge in [0.1, 0.15) is 17.2 Å². The smallest absolute Gasteiger partial charge is 0.262 e. The molecule has 0 atom stereocenters. The quantitative estimate of drug-likeness (QED) is 0.390. The molecule has 0 spiro atoms. The molecule has 0 aliphatic rings. The summed E-state index contributed by atoms with van der Waals surface area (Å²) in [7, 11) is -2.35. The number of aryl methyl sites for hydroxylation is 1. The van der Waals surface area contributed by atoms with E-state index in [1.165, 1.54) is 19.2 Å². The largest absolute Gasteiger partial charge is 0.494 e. The highest BCUT2D eigenvalue weighted by atomic mass is 35.5. The lowest BCUT2D eigenvalue weighted by Crippen LogP contribution is -2.13. The Bertz CT molecular complexity index is 1370. The minimum Gasteiger partial charge on any atom is -0.494 e. The lowest BCUT2D eigenvalue weighted by molar-refractivity contribution is 0.413. The van der Waals surface area contributed by atoms with Gasteiger partial charge >= 0.3 is 0 Å². The Labute approximate surface area is 191 Å². The number of halogens is 1. The van der Waals surface area contributed by atoms with Crippen LogP contribution in [0.1, 0.15) is 5.69 Å². The molecule has 32 heavy (non-hydrogen) atoms. The van der Waals surface area contributed by atoms with Crippen molar-refractivity contribution in [3.63, 3.8) is 0 Å². The van der Waals surface area contributed by atoms with E-state index in [0.717, 1.165) is 11.4 Å². The molecular weight excluding hydrogens is 450 g/mol. The maximum absolute atomic E-state index is 13.0. The first-order valence-electron chi connectivity index (χ1n) is 9.60. The van der Waals surface area contributed by atoms with Crippen molar-refractivity contribution in [2.75, 3.05) is 11.8 Å². The van der Waals surface area contributed by atoms with E-state index in [1.54, 1.807) is 60.9 Å². The number of hydrogen-bond donors (Lipinski definition) is 1. The number of rotatable bonds is 7. The van der Waals surface area contributed by atoms with Crippen LogP contribution in [-0.4, -0.2) is 25.1 Å². The lowest BCUT2D eigenvalue weighted by Gasteiger charge is -2.14. The lowest BCUT2D eigenvalue weighted by atomic mass is 10.2. The van der Waals surface area contributed by atoms with Crippen molar-refractivity contribution in [3.8, 4) is 22.9 Å². The number of ether oxygens (including phenoxy) is 2. The predicted octanol–water partition coefficient (Wildman–Crippen LogP) is 5.44. The number of hydrogen-bond acceptors (Lipinski definition) is 5. The summed E-state index contributed by atoms with van der Waals surface area (Å²) in [5.41, 5.74) is 1.96. The summed E-state index contributed by atoms with van der Waals surface area (Å²) >= 11 is 6.12. The second-order valence-corrected chi connectivity index (χ2v) is 9.01. The third-order valence-corrected chi connectivity index (χ3v) is 6.29. The molecule has 9 heteroatoms. The zero-order chi connectivity index (χ0) is 22.7. The summed E-state index contributed by atoms with van der Waals surface area (Å²) < 4.78 is 41.5. The monoisotopic (exact) mass is 469 g/mol. The fraction of sp³-hybridized carbons (Fsp3) is 0.0870. The minimum absolute atomic E-state index is 0.0512. The van der Waals surface area contributed by atoms with Crippen LogP contribution in [0.25, 0.3) is 5.69 Å². The van der Waals surface area contributed by atoms with Crippen LogP contribution in [-0.2, 0) is 10.0 Å². The second-order valence-electron chi connectivity index (χ2n) is 6.92. The molecule has 1 N–H and O–H groups in total. The molecule has 3 aromatic carbocycles. The molecule has 0 aliphatic heterocycles. The van der Waals surface area contributed by atoms with E-state index in [4.69, 9.17) is 21.1 Å². The second kappa shape index (κ2) is 8.94. The Hall–Kier alpha value is -3.49. The number of sulfonamides is 1. The van der Waals surface area contributed by atoms with E-state index < -0.39 is 10.0 Å². The number of benzene rings is 3. The summed E-state index contributed by atoms with van der Waals surface area (Å²) in [6.07, 6.45) is 3.52. The zero-order valence-corrected chi connectivity index (χ0v) is 18.9. The van der Waals surface area contributed by atoms with Crippen molar-refractivity contribution in [2.45, 2.75) is 11.8 Å². The van der Waals surface area contributed by atoms with Gasteiger partial charge in [0.2, 0.25) is 0 Å². The van der Waals surface area contributed by atoms with E-state index in [2.05, 4.69) is 9.71 Å². The van der Waals surface area contributed by atoms with Crippen LogP contribution < -0.4 is 14.2 Å². The normalized spacial score (nSPS) is 11.2. The van der Waals surface area contributed by atoms with E-state index in [-0.39, 0.29) is 4.90 Å². The average Bonchev–Trinajstić information content (AvgIpc) is 3.21. The molecule has 0 saturated heterocycles. The van der Waals surface area contributed by atoms with E-state index >= 15 is 0 Å². The van der Waals surface area contributed by atoms with Gasteiger partial charge in [-0.05, 0) is 43.3 Å². The number of methoxy groups -OCH3 is 1. The van der Waals surface area contributed by atoms with Crippen molar-refractivity contribution in [1.82, 2.24) is 9.55 Å². The van der Waals surface area contributed by atoms with Gasteiger partial charge in [0, 0.05) is 18.3 Å². The van der Waals surface area contributed by atoms with Gasteiger partial charge < -0.3 is 14.0 Å². The van der Waals surface area contributed by atoms with Crippen LogP contribution >= 0.6 is 11.6 Å². The van der Waals surface area contributed by atoms with Gasteiger partial charge in [0.05, 0.1) is 40.4 Å². The molecule has 0 aliphatic carbocycles. The number of aromatic nitrogens is 2. The van der Waals surface area contributed by atoms with Crippen molar-refractivity contribution in [3.05, 3.63) is 90.0 Å². The molecule has 1 aromatic heterocycles. The summed E-state index contributed by atoms with van der Waals surface area (Å²) in [6, 6.07) is 18.2. The zero-order valence-electron chi connectivity index (χ0n) is 17.3. The van der Waals surface area contributed by atoms with Crippen LogP contribution in [0.15, 0.2) is 84.1 Å². The first kappa shape index (κ1) is 21.7. The van der Waals surface area contributed by atoms with Gasteiger partial charge in [-0.25, -0.2) is 13.4 Å². The van der Waals surface area contributed by atoms with E-state index in [1.807, 2.05) is 17.7 Å². The Kier molecular flexibility index (Phi) is 6.07. The molecule has 0 saturated carbocycles. The highest BCUT2D eigenvalue weighted by molar-refractivity contribution is 7.92. The average molecular weight is 470 g/mol. The minimum atomic E-state index is -3.87. The number of para-hydroxylation sites is 1. The van der Waals surface area contributed by atoms with Crippen LogP contribution in [0.5, 0.6) is 17.2 Å². The Morgan fingerprint density at radius 1 is 1.00 bits per heavy atom. The Balaban J connectivity index is 1.59. The first-order valence-corrected chi connectivity index (χ1v) is 11.5. The Morgan fingerprint density at radius 2 is 1.81 bits per heavy atom. The maximum Gasteiger partial charge on any atom is 0.262 e. The third kappa shape index (κ3) is 4.71. The molecular formula is C23H20ClN3O4S. The van der Waals surface area contributed by atoms with Crippen LogP contribution in [0.2, 0.25) is 5.02 Å². The van der Waals surface area contributed by atoms with Crippen molar-refractivity contribution in [1.29, 1.82) is 0 Å². The first-order chi connectivity index (χ1) is 15.4. The molecule has 0 fully saturated rings. The fourth-order valence-corrected chi connectivity index (χ4v) is 4.34. The summed E-state index contributed by atoms with van der Waals surface area (Å²) in [4.78, 5) is 4.26. The Morgan fingerprint density at radius 3 is 2.53 bits per heavy atom. The fourth-order valence-electron chi connectivity index (χ4n) is 3.08. The molecule has 0 bridgehead atoms. The van der Waals surface area contributed by atoms with Crippen molar-refractivity contribution < 1.29 is 17.9 Å². The van der Waals surface area contributed by atoms with Crippen LogP contribution in [0.3, 0.4) is 0 Å². The molecule has 7 nitrogen and oxygen atoms in total. The molecule has 4 aromatic rings. The molecule has 1 heterocycles. The molecule has 0 unspecified atom stereocenters. The van der Waals surface area contributed by atoms with Crippen molar-refractivity contribution >= 4 is 27.3 Å². The van der Waals surface area contributed by atoms with E-state index in [0.29, 0.717) is 28.0 Å². The number of nitrogens with one attached hydrogen (secondary N) is 1. The van der Waals surface area contributed by atoms with Crippen LogP contribution in [0.4, 0.5) is 5.69 Å².